The zero-order chi connectivity index (χ0) is 13.1. The lowest BCUT2D eigenvalue weighted by molar-refractivity contribution is -0.134. The maximum Gasteiger partial charge on any atom is 0.222 e. The predicted molar refractivity (Wildman–Crippen MR) is 81.2 cm³/mol. The second-order valence-corrected chi connectivity index (χ2v) is 6.27. The summed E-state index contributed by atoms with van der Waals surface area (Å²) < 4.78 is 5.70. The van der Waals surface area contributed by atoms with E-state index >= 15 is 0 Å². The highest BCUT2D eigenvalue weighted by atomic mass is 35.5. The van der Waals surface area contributed by atoms with Gasteiger partial charge in [-0.15, -0.1) is 12.4 Å². The van der Waals surface area contributed by atoms with Gasteiger partial charge in [0.05, 0.1) is 6.10 Å². The van der Waals surface area contributed by atoms with Gasteiger partial charge in [0.25, 0.3) is 0 Å². The van der Waals surface area contributed by atoms with E-state index in [1.807, 2.05) is 0 Å². The van der Waals surface area contributed by atoms with Crippen LogP contribution in [0.25, 0.3) is 0 Å². The molecule has 1 N–H and O–H groups in total. The van der Waals surface area contributed by atoms with Crippen molar-refractivity contribution < 1.29 is 9.53 Å². The molecule has 3 rings (SSSR count). The molecule has 3 aliphatic rings. The van der Waals surface area contributed by atoms with Crippen LogP contribution in [0.4, 0.5) is 0 Å². The summed E-state index contributed by atoms with van der Waals surface area (Å²) in [6, 6.07) is 0.672. The second kappa shape index (κ2) is 7.62. The van der Waals surface area contributed by atoms with E-state index in [0.717, 1.165) is 45.5 Å². The minimum atomic E-state index is 0. The Morgan fingerprint density at radius 3 is 2.95 bits per heavy atom. The largest absolute Gasteiger partial charge is 0.378 e. The molecular formula is C15H27ClN2O2. The molecule has 3 unspecified atom stereocenters. The molecule has 20 heavy (non-hydrogen) atoms. The number of carbonyl (C=O) groups excluding carboxylic acids is 1. The molecule has 3 atom stereocenters. The smallest absolute Gasteiger partial charge is 0.222 e. The van der Waals surface area contributed by atoms with Crippen LogP contribution in [-0.4, -0.2) is 49.2 Å². The van der Waals surface area contributed by atoms with Gasteiger partial charge >= 0.3 is 0 Å². The van der Waals surface area contributed by atoms with Gasteiger partial charge in [0.1, 0.15) is 0 Å². The number of carbonyl (C=O) groups is 1. The Morgan fingerprint density at radius 2 is 2.15 bits per heavy atom. The number of hydrogen-bond acceptors (Lipinski definition) is 3. The maximum absolute atomic E-state index is 12.3. The number of hydrogen-bond donors (Lipinski definition) is 1. The SMILES string of the molecule is Cl.O=C(CCC1CCCCO1)N1CCC2NCCC2C1. The monoisotopic (exact) mass is 302 g/mol. The first kappa shape index (κ1) is 16.1. The van der Waals surface area contributed by atoms with E-state index in [1.165, 1.54) is 19.3 Å². The average molecular weight is 303 g/mol. The van der Waals surface area contributed by atoms with Gasteiger partial charge in [0.2, 0.25) is 5.91 Å². The zero-order valence-electron chi connectivity index (χ0n) is 12.2. The van der Waals surface area contributed by atoms with Crippen LogP contribution in [0.5, 0.6) is 0 Å². The summed E-state index contributed by atoms with van der Waals surface area (Å²) in [6.07, 6.45) is 7.89. The summed E-state index contributed by atoms with van der Waals surface area (Å²) >= 11 is 0. The maximum atomic E-state index is 12.3. The molecule has 0 aliphatic carbocycles. The second-order valence-electron chi connectivity index (χ2n) is 6.27. The molecule has 0 aromatic heterocycles. The molecule has 0 saturated carbocycles. The van der Waals surface area contributed by atoms with Crippen molar-refractivity contribution in [1.82, 2.24) is 10.2 Å². The predicted octanol–water partition coefficient (Wildman–Crippen LogP) is 1.97. The topological polar surface area (TPSA) is 41.6 Å². The van der Waals surface area contributed by atoms with Crippen molar-refractivity contribution in [2.24, 2.45) is 5.92 Å². The Labute approximate surface area is 128 Å². The highest BCUT2D eigenvalue weighted by Crippen LogP contribution is 2.25. The van der Waals surface area contributed by atoms with Crippen molar-refractivity contribution in [2.75, 3.05) is 26.2 Å². The quantitative estimate of drug-likeness (QED) is 0.866. The van der Waals surface area contributed by atoms with Gasteiger partial charge in [-0.2, -0.15) is 0 Å². The van der Waals surface area contributed by atoms with Crippen LogP contribution in [0, 0.1) is 5.92 Å². The Hall–Kier alpha value is -0.320. The van der Waals surface area contributed by atoms with Crippen LogP contribution in [0.15, 0.2) is 0 Å². The van der Waals surface area contributed by atoms with Gasteiger partial charge in [-0.3, -0.25) is 4.79 Å². The third-order valence-corrected chi connectivity index (χ3v) is 4.96. The number of amides is 1. The molecule has 0 spiro atoms. The normalized spacial score (nSPS) is 33.4. The Kier molecular flexibility index (Phi) is 6.12. The minimum absolute atomic E-state index is 0. The third-order valence-electron chi connectivity index (χ3n) is 4.96. The minimum Gasteiger partial charge on any atom is -0.378 e. The van der Waals surface area contributed by atoms with Crippen molar-refractivity contribution in [1.29, 1.82) is 0 Å². The Morgan fingerprint density at radius 1 is 1.25 bits per heavy atom. The van der Waals surface area contributed by atoms with E-state index < -0.39 is 0 Å². The average Bonchev–Trinajstić information content (AvgIpc) is 2.93. The third kappa shape index (κ3) is 3.86. The molecule has 0 bridgehead atoms. The van der Waals surface area contributed by atoms with Crippen LogP contribution in [0.2, 0.25) is 0 Å². The lowest BCUT2D eigenvalue weighted by Crippen LogP contribution is -2.47. The van der Waals surface area contributed by atoms with Gasteiger partial charge in [0, 0.05) is 32.2 Å². The summed E-state index contributed by atoms with van der Waals surface area (Å²) in [5.74, 6) is 1.04. The molecule has 3 aliphatic heterocycles. The van der Waals surface area contributed by atoms with Gasteiger partial charge in [-0.25, -0.2) is 0 Å². The highest BCUT2D eigenvalue weighted by molar-refractivity contribution is 5.85. The molecule has 1 amide bonds. The number of ether oxygens (including phenoxy) is 1. The summed E-state index contributed by atoms with van der Waals surface area (Å²) in [5, 5.41) is 3.54. The van der Waals surface area contributed by atoms with Crippen LogP contribution >= 0.6 is 12.4 Å². The Balaban J connectivity index is 0.00000147. The summed E-state index contributed by atoms with van der Waals surface area (Å²) in [6.45, 7) is 3.94. The summed E-state index contributed by atoms with van der Waals surface area (Å²) in [4.78, 5) is 14.4. The van der Waals surface area contributed by atoms with E-state index in [9.17, 15) is 4.79 Å². The van der Waals surface area contributed by atoms with Gasteiger partial charge < -0.3 is 15.0 Å². The molecule has 3 heterocycles. The van der Waals surface area contributed by atoms with Crippen molar-refractivity contribution >= 4 is 18.3 Å². The molecular weight excluding hydrogens is 276 g/mol. The first-order chi connectivity index (χ1) is 9.33. The fourth-order valence-electron chi connectivity index (χ4n) is 3.75. The molecule has 4 nitrogen and oxygen atoms in total. The number of halogens is 1. The van der Waals surface area contributed by atoms with Crippen LogP contribution in [0.1, 0.15) is 44.9 Å². The molecule has 116 valence electrons. The lowest BCUT2D eigenvalue weighted by Gasteiger charge is -2.35. The standard InChI is InChI=1S/C15H26N2O2.ClH/c18-15(5-4-13-3-1-2-10-19-13)17-9-7-14-12(11-17)6-8-16-14;/h12-14,16H,1-11H2;1H. The van der Waals surface area contributed by atoms with Crippen molar-refractivity contribution in [3.63, 3.8) is 0 Å². The number of likely N-dealkylation sites (tertiary alicyclic amines) is 1. The first-order valence-corrected chi connectivity index (χ1v) is 7.95. The number of nitrogens with one attached hydrogen (secondary N) is 1. The fraction of sp³-hybridized carbons (Fsp3) is 0.933. The lowest BCUT2D eigenvalue weighted by atomic mass is 9.93. The summed E-state index contributed by atoms with van der Waals surface area (Å²) in [5.41, 5.74) is 0. The van der Waals surface area contributed by atoms with Crippen molar-refractivity contribution in [2.45, 2.75) is 57.1 Å². The molecule has 0 aromatic carbocycles. The molecule has 3 saturated heterocycles. The molecule has 5 heteroatoms. The van der Waals surface area contributed by atoms with E-state index in [4.69, 9.17) is 4.74 Å². The zero-order valence-corrected chi connectivity index (χ0v) is 13.0. The number of nitrogens with zero attached hydrogens (tertiary/aromatic N) is 1. The van der Waals surface area contributed by atoms with Gasteiger partial charge in [-0.1, -0.05) is 0 Å². The van der Waals surface area contributed by atoms with E-state index in [1.54, 1.807) is 0 Å². The van der Waals surface area contributed by atoms with Crippen LogP contribution in [-0.2, 0) is 9.53 Å². The van der Waals surface area contributed by atoms with E-state index in [2.05, 4.69) is 10.2 Å². The van der Waals surface area contributed by atoms with Crippen LogP contribution < -0.4 is 5.32 Å². The van der Waals surface area contributed by atoms with E-state index in [0.29, 0.717) is 30.4 Å². The fourth-order valence-corrected chi connectivity index (χ4v) is 3.75. The van der Waals surface area contributed by atoms with Crippen LogP contribution in [0.3, 0.4) is 0 Å². The Bertz CT molecular complexity index is 321. The first-order valence-electron chi connectivity index (χ1n) is 7.95. The van der Waals surface area contributed by atoms with Crippen molar-refractivity contribution in [3.05, 3.63) is 0 Å². The molecule has 0 aromatic rings. The van der Waals surface area contributed by atoms with Gasteiger partial charge in [0.15, 0.2) is 0 Å². The van der Waals surface area contributed by atoms with Crippen molar-refractivity contribution in [3.8, 4) is 0 Å². The highest BCUT2D eigenvalue weighted by Gasteiger charge is 2.34. The summed E-state index contributed by atoms with van der Waals surface area (Å²) in [7, 11) is 0. The number of piperidine rings is 1. The van der Waals surface area contributed by atoms with E-state index in [-0.39, 0.29) is 12.4 Å². The van der Waals surface area contributed by atoms with Gasteiger partial charge in [-0.05, 0) is 51.0 Å². The molecule has 3 fully saturated rings. The molecule has 0 radical (unpaired) electrons. The number of fused-ring (bicyclic) bond motifs is 1. The number of rotatable bonds is 3.